The first-order chi connectivity index (χ1) is 10.8. The Morgan fingerprint density at radius 3 is 2.83 bits per heavy atom. The van der Waals surface area contributed by atoms with Gasteiger partial charge in [0.25, 0.3) is 0 Å². The topological polar surface area (TPSA) is 78.4 Å². The molecule has 23 heavy (non-hydrogen) atoms. The Hall–Kier alpha value is -1.48. The molecule has 130 valence electrons. The standard InChI is InChI=1S/C14H24FN5O2S/c1-19(2)13-12(15)10-17-14(18-13)16-8-7-11-6-4-5-9-20(11)23(3,21)22/h10-11H,4-9H2,1-3H3,(H,16,17,18)/t11-/m0/s1. The molecule has 1 aromatic rings. The fraction of sp³-hybridized carbons (Fsp3) is 0.714. The molecule has 2 heterocycles. The molecule has 1 N–H and O–H groups in total. The van der Waals surface area contributed by atoms with Crippen LogP contribution in [-0.2, 0) is 10.0 Å². The van der Waals surface area contributed by atoms with E-state index in [1.807, 2.05) is 0 Å². The number of hydrogen-bond donors (Lipinski definition) is 1. The molecule has 0 amide bonds. The summed E-state index contributed by atoms with van der Waals surface area (Å²) in [6.45, 7) is 1.12. The van der Waals surface area contributed by atoms with Crippen LogP contribution in [-0.4, -0.2) is 62.2 Å². The molecule has 1 aliphatic rings. The minimum atomic E-state index is -3.18. The van der Waals surface area contributed by atoms with Gasteiger partial charge in [-0.15, -0.1) is 0 Å². The summed E-state index contributed by atoms with van der Waals surface area (Å²) in [6, 6.07) is 0.0000162. The third kappa shape index (κ3) is 4.74. The Kier molecular flexibility index (Phi) is 5.74. The van der Waals surface area contributed by atoms with Crippen molar-refractivity contribution in [2.45, 2.75) is 31.7 Å². The maximum absolute atomic E-state index is 13.5. The molecule has 0 radical (unpaired) electrons. The molecule has 7 nitrogen and oxygen atoms in total. The van der Waals surface area contributed by atoms with E-state index in [0.29, 0.717) is 25.5 Å². The van der Waals surface area contributed by atoms with Crippen molar-refractivity contribution in [3.8, 4) is 0 Å². The lowest BCUT2D eigenvalue weighted by Gasteiger charge is -2.33. The van der Waals surface area contributed by atoms with E-state index in [1.165, 1.54) is 6.26 Å². The van der Waals surface area contributed by atoms with Crippen molar-refractivity contribution < 1.29 is 12.8 Å². The highest BCUT2D eigenvalue weighted by Crippen LogP contribution is 2.22. The monoisotopic (exact) mass is 345 g/mol. The van der Waals surface area contributed by atoms with Crippen LogP contribution in [0, 0.1) is 5.82 Å². The van der Waals surface area contributed by atoms with Crippen molar-refractivity contribution in [2.75, 3.05) is 43.7 Å². The van der Waals surface area contributed by atoms with Gasteiger partial charge in [-0.1, -0.05) is 6.42 Å². The van der Waals surface area contributed by atoms with Crippen LogP contribution in [0.1, 0.15) is 25.7 Å². The quantitative estimate of drug-likeness (QED) is 0.837. The van der Waals surface area contributed by atoms with Crippen LogP contribution >= 0.6 is 0 Å². The highest BCUT2D eigenvalue weighted by molar-refractivity contribution is 7.88. The zero-order valence-corrected chi connectivity index (χ0v) is 14.6. The zero-order valence-electron chi connectivity index (χ0n) is 13.8. The van der Waals surface area contributed by atoms with Crippen molar-refractivity contribution >= 4 is 21.8 Å². The largest absolute Gasteiger partial charge is 0.360 e. The number of halogens is 1. The molecule has 1 aliphatic heterocycles. The molecule has 0 saturated carbocycles. The summed E-state index contributed by atoms with van der Waals surface area (Å²) in [7, 11) is 0.243. The highest BCUT2D eigenvalue weighted by Gasteiger charge is 2.28. The molecule has 0 aliphatic carbocycles. The van der Waals surface area contributed by atoms with E-state index in [9.17, 15) is 12.8 Å². The third-order valence-electron chi connectivity index (χ3n) is 3.91. The van der Waals surface area contributed by atoms with Crippen LogP contribution in [0.5, 0.6) is 0 Å². The van der Waals surface area contributed by atoms with E-state index in [4.69, 9.17) is 0 Å². The van der Waals surface area contributed by atoms with Gasteiger partial charge in [0.2, 0.25) is 16.0 Å². The second kappa shape index (κ2) is 7.39. The Labute approximate surface area is 137 Å². The number of anilines is 2. The van der Waals surface area contributed by atoms with Crippen LogP contribution in [0.15, 0.2) is 6.20 Å². The summed E-state index contributed by atoms with van der Waals surface area (Å²) in [5.41, 5.74) is 0. The van der Waals surface area contributed by atoms with E-state index >= 15 is 0 Å². The summed E-state index contributed by atoms with van der Waals surface area (Å²) < 4.78 is 38.8. The van der Waals surface area contributed by atoms with E-state index in [0.717, 1.165) is 25.5 Å². The third-order valence-corrected chi connectivity index (χ3v) is 5.24. The van der Waals surface area contributed by atoms with Crippen molar-refractivity contribution in [3.63, 3.8) is 0 Å². The smallest absolute Gasteiger partial charge is 0.224 e. The number of rotatable bonds is 6. The van der Waals surface area contributed by atoms with E-state index in [2.05, 4.69) is 15.3 Å². The fourth-order valence-corrected chi connectivity index (χ4v) is 4.02. The predicted octanol–water partition coefficient (Wildman–Crippen LogP) is 1.30. The van der Waals surface area contributed by atoms with E-state index < -0.39 is 15.8 Å². The number of piperidine rings is 1. The first kappa shape index (κ1) is 17.9. The van der Waals surface area contributed by atoms with Crippen LogP contribution in [0.4, 0.5) is 16.2 Å². The molecule has 0 bridgehead atoms. The molecule has 1 atom stereocenters. The van der Waals surface area contributed by atoms with Crippen molar-refractivity contribution in [1.29, 1.82) is 0 Å². The summed E-state index contributed by atoms with van der Waals surface area (Å²) in [5, 5.41) is 3.05. The molecular formula is C14H24FN5O2S. The lowest BCUT2D eigenvalue weighted by Crippen LogP contribution is -2.43. The maximum Gasteiger partial charge on any atom is 0.224 e. The molecular weight excluding hydrogens is 321 g/mol. The molecule has 9 heteroatoms. The van der Waals surface area contributed by atoms with Gasteiger partial charge in [0, 0.05) is 33.2 Å². The van der Waals surface area contributed by atoms with E-state index in [-0.39, 0.29) is 11.9 Å². The number of hydrogen-bond acceptors (Lipinski definition) is 6. The normalized spacial score (nSPS) is 19.6. The van der Waals surface area contributed by atoms with Crippen LogP contribution in [0.25, 0.3) is 0 Å². The number of sulfonamides is 1. The van der Waals surface area contributed by atoms with Gasteiger partial charge in [-0.3, -0.25) is 0 Å². The van der Waals surface area contributed by atoms with Gasteiger partial charge < -0.3 is 10.2 Å². The molecule has 1 fully saturated rings. The van der Waals surface area contributed by atoms with Crippen molar-refractivity contribution in [2.24, 2.45) is 0 Å². The molecule has 2 rings (SSSR count). The molecule has 1 saturated heterocycles. The lowest BCUT2D eigenvalue weighted by atomic mass is 10.0. The fourth-order valence-electron chi connectivity index (χ4n) is 2.81. The molecule has 0 spiro atoms. The van der Waals surface area contributed by atoms with Crippen LogP contribution in [0.3, 0.4) is 0 Å². The molecule has 0 unspecified atom stereocenters. The van der Waals surface area contributed by atoms with E-state index in [1.54, 1.807) is 23.3 Å². The van der Waals surface area contributed by atoms with Gasteiger partial charge >= 0.3 is 0 Å². The second-order valence-electron chi connectivity index (χ2n) is 6.00. The van der Waals surface area contributed by atoms with Gasteiger partial charge in [-0.25, -0.2) is 17.8 Å². The van der Waals surface area contributed by atoms with Gasteiger partial charge in [0.15, 0.2) is 11.6 Å². The summed E-state index contributed by atoms with van der Waals surface area (Å²) in [4.78, 5) is 9.61. The van der Waals surface area contributed by atoms with Gasteiger partial charge in [0.1, 0.15) is 0 Å². The minimum Gasteiger partial charge on any atom is -0.360 e. The second-order valence-corrected chi connectivity index (χ2v) is 7.93. The Bertz CT molecular complexity index is 638. The highest BCUT2D eigenvalue weighted by atomic mass is 32.2. The van der Waals surface area contributed by atoms with Crippen LogP contribution in [0.2, 0.25) is 0 Å². The average molecular weight is 345 g/mol. The van der Waals surface area contributed by atoms with Crippen LogP contribution < -0.4 is 10.2 Å². The van der Waals surface area contributed by atoms with Crippen molar-refractivity contribution in [1.82, 2.24) is 14.3 Å². The number of nitrogens with one attached hydrogen (secondary N) is 1. The molecule has 1 aromatic heterocycles. The van der Waals surface area contributed by atoms with Gasteiger partial charge in [-0.05, 0) is 19.3 Å². The average Bonchev–Trinajstić information content (AvgIpc) is 2.48. The maximum atomic E-state index is 13.5. The summed E-state index contributed by atoms with van der Waals surface area (Å²) >= 11 is 0. The van der Waals surface area contributed by atoms with Gasteiger partial charge in [-0.2, -0.15) is 9.29 Å². The zero-order chi connectivity index (χ0) is 17.0. The summed E-state index contributed by atoms with van der Waals surface area (Å²) in [6.07, 6.45) is 5.87. The first-order valence-corrected chi connectivity index (χ1v) is 9.54. The van der Waals surface area contributed by atoms with Gasteiger partial charge in [0.05, 0.1) is 12.5 Å². The first-order valence-electron chi connectivity index (χ1n) is 7.69. The SMILES string of the molecule is CN(C)c1nc(NCC[C@@H]2CCCCN2S(C)(=O)=O)ncc1F. The Morgan fingerprint density at radius 1 is 1.43 bits per heavy atom. The number of aromatic nitrogens is 2. The Morgan fingerprint density at radius 2 is 2.17 bits per heavy atom. The summed E-state index contributed by atoms with van der Waals surface area (Å²) in [5.74, 6) is 0.0887. The Balaban J connectivity index is 1.95. The lowest BCUT2D eigenvalue weighted by molar-refractivity contribution is 0.246. The predicted molar refractivity (Wildman–Crippen MR) is 88.6 cm³/mol. The number of nitrogens with zero attached hydrogens (tertiary/aromatic N) is 4. The van der Waals surface area contributed by atoms with Crippen molar-refractivity contribution in [3.05, 3.63) is 12.0 Å². The minimum absolute atomic E-state index is 0.0000162. The molecule has 0 aromatic carbocycles.